The van der Waals surface area contributed by atoms with Gasteiger partial charge in [0.15, 0.2) is 0 Å². The molecular weight excluding hydrogens is 346 g/mol. The summed E-state index contributed by atoms with van der Waals surface area (Å²) in [7, 11) is 0. The van der Waals surface area contributed by atoms with E-state index in [9.17, 15) is 9.59 Å². The van der Waals surface area contributed by atoms with Crippen LogP contribution in [0, 0.1) is 11.8 Å². The van der Waals surface area contributed by atoms with Crippen molar-refractivity contribution < 1.29 is 9.59 Å². The highest BCUT2D eigenvalue weighted by molar-refractivity contribution is 7.18. The molecule has 2 unspecified atom stereocenters. The lowest BCUT2D eigenvalue weighted by atomic mass is 9.82. The second kappa shape index (κ2) is 7.58. The van der Waals surface area contributed by atoms with Gasteiger partial charge in [0, 0.05) is 24.9 Å². The monoisotopic (exact) mass is 369 g/mol. The van der Waals surface area contributed by atoms with Crippen LogP contribution in [0.25, 0.3) is 10.2 Å². The van der Waals surface area contributed by atoms with Crippen LogP contribution in [0.15, 0.2) is 36.4 Å². The Morgan fingerprint density at radius 2 is 1.77 bits per heavy atom. The Hall–Kier alpha value is -2.21. The molecule has 0 bridgehead atoms. The first kappa shape index (κ1) is 17.2. The smallest absolute Gasteiger partial charge is 0.224 e. The van der Waals surface area contributed by atoms with Crippen LogP contribution in [-0.2, 0) is 9.59 Å². The van der Waals surface area contributed by atoms with Gasteiger partial charge in [-0.05, 0) is 37.8 Å². The molecule has 136 valence electrons. The number of amides is 2. The van der Waals surface area contributed by atoms with Crippen molar-refractivity contribution in [2.75, 3.05) is 13.1 Å². The number of carbonyl (C=O) groups is 2. The highest BCUT2D eigenvalue weighted by atomic mass is 32.1. The van der Waals surface area contributed by atoms with Gasteiger partial charge in [0.1, 0.15) is 0 Å². The number of thiazole rings is 1. The van der Waals surface area contributed by atoms with Gasteiger partial charge >= 0.3 is 0 Å². The topological polar surface area (TPSA) is 71.1 Å². The predicted molar refractivity (Wildman–Crippen MR) is 103 cm³/mol. The molecule has 0 spiro atoms. The van der Waals surface area contributed by atoms with E-state index in [-0.39, 0.29) is 29.6 Å². The van der Waals surface area contributed by atoms with Gasteiger partial charge in [0.05, 0.1) is 21.1 Å². The van der Waals surface area contributed by atoms with Crippen LogP contribution in [0.5, 0.6) is 0 Å². The van der Waals surface area contributed by atoms with Crippen LogP contribution >= 0.6 is 11.3 Å². The maximum absolute atomic E-state index is 12.7. The number of rotatable bonds is 6. The van der Waals surface area contributed by atoms with Crippen LogP contribution in [-0.4, -0.2) is 29.9 Å². The van der Waals surface area contributed by atoms with Crippen LogP contribution in [0.1, 0.15) is 36.6 Å². The predicted octanol–water partition coefficient (Wildman–Crippen LogP) is 2.99. The number of hydrogen-bond donors (Lipinski definition) is 2. The molecule has 1 aromatic heterocycles. The number of carbonyl (C=O) groups excluding carboxylic acids is 2. The van der Waals surface area contributed by atoms with E-state index < -0.39 is 0 Å². The highest BCUT2D eigenvalue weighted by Gasteiger charge is 2.32. The standard InChI is InChI=1S/C20H23N3O2S/c24-18(13-9-10-13)21-11-12-22-19(25)14-5-1-2-6-15(14)20-23-16-7-3-4-8-17(16)26-20/h1-4,7-8,13-15H,5-6,9-12H2,(H,21,24)(H,22,25). The van der Waals surface area contributed by atoms with Gasteiger partial charge in [-0.1, -0.05) is 24.3 Å². The maximum Gasteiger partial charge on any atom is 0.224 e. The summed E-state index contributed by atoms with van der Waals surface area (Å²) in [6.45, 7) is 0.972. The largest absolute Gasteiger partial charge is 0.354 e. The third kappa shape index (κ3) is 3.80. The minimum Gasteiger partial charge on any atom is -0.354 e. The number of nitrogens with zero attached hydrogens (tertiary/aromatic N) is 1. The molecule has 0 radical (unpaired) electrons. The molecular formula is C20H23N3O2S. The van der Waals surface area contributed by atoms with E-state index in [0.717, 1.165) is 36.2 Å². The van der Waals surface area contributed by atoms with Crippen molar-refractivity contribution in [3.05, 3.63) is 41.4 Å². The summed E-state index contributed by atoms with van der Waals surface area (Å²) in [5.74, 6) is 0.405. The fraction of sp³-hybridized carbons (Fsp3) is 0.450. The van der Waals surface area contributed by atoms with Gasteiger partial charge in [-0.25, -0.2) is 4.98 Å². The Morgan fingerprint density at radius 3 is 2.54 bits per heavy atom. The van der Waals surface area contributed by atoms with Gasteiger partial charge in [-0.3, -0.25) is 9.59 Å². The molecule has 2 aliphatic carbocycles. The van der Waals surface area contributed by atoms with E-state index in [1.807, 2.05) is 18.2 Å². The lowest BCUT2D eigenvalue weighted by molar-refractivity contribution is -0.126. The number of aromatic nitrogens is 1. The average Bonchev–Trinajstić information content (AvgIpc) is 3.43. The molecule has 0 saturated heterocycles. The van der Waals surface area contributed by atoms with Gasteiger partial charge < -0.3 is 10.6 Å². The number of para-hydroxylation sites is 1. The quantitative estimate of drug-likeness (QED) is 0.607. The fourth-order valence-corrected chi connectivity index (χ4v) is 4.56. The molecule has 2 aliphatic rings. The van der Waals surface area contributed by atoms with E-state index in [2.05, 4.69) is 28.9 Å². The Bertz CT molecular complexity index is 807. The summed E-state index contributed by atoms with van der Waals surface area (Å²) in [6.07, 6.45) is 7.81. The highest BCUT2D eigenvalue weighted by Crippen LogP contribution is 2.38. The van der Waals surface area contributed by atoms with Crippen molar-refractivity contribution >= 4 is 33.4 Å². The van der Waals surface area contributed by atoms with Crippen molar-refractivity contribution in [1.29, 1.82) is 0 Å². The summed E-state index contributed by atoms with van der Waals surface area (Å²) in [6, 6.07) is 8.11. The molecule has 26 heavy (non-hydrogen) atoms. The van der Waals surface area contributed by atoms with E-state index in [1.54, 1.807) is 11.3 Å². The van der Waals surface area contributed by atoms with E-state index >= 15 is 0 Å². The van der Waals surface area contributed by atoms with Crippen molar-refractivity contribution in [1.82, 2.24) is 15.6 Å². The summed E-state index contributed by atoms with van der Waals surface area (Å²) < 4.78 is 1.17. The Labute approximate surface area is 156 Å². The summed E-state index contributed by atoms with van der Waals surface area (Å²) in [5, 5.41) is 6.92. The second-order valence-corrected chi connectivity index (χ2v) is 8.09. The number of benzene rings is 1. The number of fused-ring (bicyclic) bond motifs is 1. The van der Waals surface area contributed by atoms with Crippen molar-refractivity contribution in [3.8, 4) is 0 Å². The summed E-state index contributed by atoms with van der Waals surface area (Å²) in [5.41, 5.74) is 1.00. The molecule has 2 N–H and O–H groups in total. The third-order valence-corrected chi connectivity index (χ3v) is 6.24. The number of nitrogens with one attached hydrogen (secondary N) is 2. The van der Waals surface area contributed by atoms with Crippen molar-refractivity contribution in [2.45, 2.75) is 31.6 Å². The second-order valence-electron chi connectivity index (χ2n) is 7.03. The zero-order chi connectivity index (χ0) is 17.9. The SMILES string of the molecule is O=C(NCCNC(=O)C1CC=CCC1c1nc2ccccc2s1)C1CC1. The first-order valence-electron chi connectivity index (χ1n) is 9.28. The molecule has 1 aromatic carbocycles. The lowest BCUT2D eigenvalue weighted by Crippen LogP contribution is -2.39. The zero-order valence-corrected chi connectivity index (χ0v) is 15.4. The Kier molecular flexibility index (Phi) is 5.02. The summed E-state index contributed by atoms with van der Waals surface area (Å²) >= 11 is 1.69. The molecule has 1 saturated carbocycles. The van der Waals surface area contributed by atoms with Crippen LogP contribution < -0.4 is 10.6 Å². The molecule has 1 fully saturated rings. The molecule has 2 amide bonds. The number of allylic oxidation sites excluding steroid dienone is 2. The molecule has 6 heteroatoms. The lowest BCUT2D eigenvalue weighted by Gasteiger charge is -2.26. The van der Waals surface area contributed by atoms with Gasteiger partial charge in [0.25, 0.3) is 0 Å². The molecule has 2 aromatic rings. The van der Waals surface area contributed by atoms with E-state index in [4.69, 9.17) is 4.98 Å². The Morgan fingerprint density at radius 1 is 1.04 bits per heavy atom. The minimum atomic E-state index is -0.0975. The molecule has 2 atom stereocenters. The van der Waals surface area contributed by atoms with Crippen molar-refractivity contribution in [3.63, 3.8) is 0 Å². The summed E-state index contributed by atoms with van der Waals surface area (Å²) in [4.78, 5) is 29.1. The average molecular weight is 369 g/mol. The van der Waals surface area contributed by atoms with Crippen LogP contribution in [0.2, 0.25) is 0 Å². The normalized spacial score (nSPS) is 22.3. The fourth-order valence-electron chi connectivity index (χ4n) is 3.42. The van der Waals surface area contributed by atoms with Gasteiger partial charge in [-0.2, -0.15) is 0 Å². The molecule has 1 heterocycles. The van der Waals surface area contributed by atoms with Gasteiger partial charge in [-0.15, -0.1) is 11.3 Å². The third-order valence-electron chi connectivity index (χ3n) is 5.07. The van der Waals surface area contributed by atoms with Crippen molar-refractivity contribution in [2.24, 2.45) is 11.8 Å². The first-order chi connectivity index (χ1) is 12.7. The van der Waals surface area contributed by atoms with E-state index in [1.165, 1.54) is 4.70 Å². The first-order valence-corrected chi connectivity index (χ1v) is 10.1. The Balaban J connectivity index is 1.37. The maximum atomic E-state index is 12.7. The van der Waals surface area contributed by atoms with E-state index in [0.29, 0.717) is 13.1 Å². The minimum absolute atomic E-state index is 0.0549. The molecule has 5 nitrogen and oxygen atoms in total. The van der Waals surface area contributed by atoms with Gasteiger partial charge in [0.2, 0.25) is 11.8 Å². The molecule has 0 aliphatic heterocycles. The molecule has 4 rings (SSSR count). The van der Waals surface area contributed by atoms with Crippen LogP contribution in [0.4, 0.5) is 0 Å². The number of hydrogen-bond acceptors (Lipinski definition) is 4. The van der Waals surface area contributed by atoms with Crippen LogP contribution in [0.3, 0.4) is 0 Å². The zero-order valence-electron chi connectivity index (χ0n) is 14.6.